The number of carbonyl (C=O) groups excluding carboxylic acids is 1. The van der Waals surface area contributed by atoms with Crippen molar-refractivity contribution in [2.24, 2.45) is 0 Å². The molecule has 0 radical (unpaired) electrons. The Bertz CT molecular complexity index is 678. The van der Waals surface area contributed by atoms with Gasteiger partial charge in [-0.25, -0.2) is 4.68 Å². The number of nitrogens with zero attached hydrogens (tertiary/aromatic N) is 4. The minimum atomic E-state index is -0.130. The Hall–Kier alpha value is -2.54. The lowest BCUT2D eigenvalue weighted by Gasteiger charge is -2.05. The van der Waals surface area contributed by atoms with Crippen LogP contribution in [0.25, 0.3) is 5.69 Å². The zero-order valence-electron chi connectivity index (χ0n) is 9.72. The van der Waals surface area contributed by atoms with Gasteiger partial charge >= 0.3 is 0 Å². The van der Waals surface area contributed by atoms with Crippen molar-refractivity contribution in [2.75, 3.05) is 5.32 Å². The van der Waals surface area contributed by atoms with Gasteiger partial charge in [-0.05, 0) is 40.1 Å². The molecule has 1 aromatic carbocycles. The molecule has 0 saturated carbocycles. The van der Waals surface area contributed by atoms with Crippen LogP contribution in [-0.2, 0) is 0 Å². The summed E-state index contributed by atoms with van der Waals surface area (Å²) < 4.78 is 1.53. The molecule has 7 heteroatoms. The van der Waals surface area contributed by atoms with Crippen LogP contribution >= 0.6 is 11.3 Å². The first kappa shape index (κ1) is 11.5. The Morgan fingerprint density at radius 3 is 3.00 bits per heavy atom. The van der Waals surface area contributed by atoms with E-state index in [1.807, 2.05) is 23.6 Å². The van der Waals surface area contributed by atoms with Crippen LogP contribution in [0.1, 0.15) is 10.4 Å². The van der Waals surface area contributed by atoms with Gasteiger partial charge in [0.1, 0.15) is 6.33 Å². The van der Waals surface area contributed by atoms with Crippen LogP contribution in [0.5, 0.6) is 0 Å². The molecular weight excluding hydrogens is 262 g/mol. The molecule has 3 aromatic rings. The maximum absolute atomic E-state index is 11.9. The Labute approximate surface area is 112 Å². The number of hydrogen-bond acceptors (Lipinski definition) is 5. The lowest BCUT2D eigenvalue weighted by Crippen LogP contribution is -2.11. The van der Waals surface area contributed by atoms with E-state index >= 15 is 0 Å². The summed E-state index contributed by atoms with van der Waals surface area (Å²) in [4.78, 5) is 11.9. The molecule has 0 unspecified atom stereocenters. The van der Waals surface area contributed by atoms with E-state index < -0.39 is 0 Å². The smallest absolute Gasteiger partial charge is 0.256 e. The van der Waals surface area contributed by atoms with Gasteiger partial charge in [0.15, 0.2) is 0 Å². The number of rotatable bonds is 3. The molecule has 0 bridgehead atoms. The molecule has 6 nitrogen and oxygen atoms in total. The third-order valence-electron chi connectivity index (χ3n) is 2.50. The average Bonchev–Trinajstić information content (AvgIpc) is 3.13. The molecule has 3 rings (SSSR count). The molecule has 94 valence electrons. The van der Waals surface area contributed by atoms with E-state index in [9.17, 15) is 4.79 Å². The Kier molecular flexibility index (Phi) is 3.03. The fraction of sp³-hybridized carbons (Fsp3) is 0. The number of nitrogens with one attached hydrogen (secondary N) is 1. The van der Waals surface area contributed by atoms with E-state index in [-0.39, 0.29) is 5.91 Å². The van der Waals surface area contributed by atoms with Gasteiger partial charge in [-0.3, -0.25) is 4.79 Å². The van der Waals surface area contributed by atoms with Gasteiger partial charge in [0.05, 0.1) is 11.3 Å². The fourth-order valence-electron chi connectivity index (χ4n) is 1.60. The molecule has 0 spiro atoms. The van der Waals surface area contributed by atoms with Gasteiger partial charge in [0.25, 0.3) is 5.91 Å². The highest BCUT2D eigenvalue weighted by Gasteiger charge is 2.07. The predicted octanol–water partition coefficient (Wildman–Crippen LogP) is 1.98. The number of amides is 1. The maximum atomic E-state index is 11.9. The predicted molar refractivity (Wildman–Crippen MR) is 71.4 cm³/mol. The van der Waals surface area contributed by atoms with Crippen LogP contribution in [0.4, 0.5) is 5.69 Å². The van der Waals surface area contributed by atoms with Crippen LogP contribution < -0.4 is 5.32 Å². The molecule has 19 heavy (non-hydrogen) atoms. The third-order valence-corrected chi connectivity index (χ3v) is 3.18. The van der Waals surface area contributed by atoms with E-state index in [1.54, 1.807) is 17.5 Å². The lowest BCUT2D eigenvalue weighted by atomic mass is 10.2. The highest BCUT2D eigenvalue weighted by Crippen LogP contribution is 2.15. The summed E-state index contributed by atoms with van der Waals surface area (Å²) in [5, 5.41) is 17.5. The molecule has 0 aliphatic heterocycles. The van der Waals surface area contributed by atoms with Crippen molar-refractivity contribution in [3.8, 4) is 5.69 Å². The van der Waals surface area contributed by atoms with E-state index in [2.05, 4.69) is 20.8 Å². The Morgan fingerprint density at radius 1 is 1.32 bits per heavy atom. The first-order valence-electron chi connectivity index (χ1n) is 5.50. The summed E-state index contributed by atoms with van der Waals surface area (Å²) in [6, 6.07) is 9.10. The topological polar surface area (TPSA) is 72.7 Å². The van der Waals surface area contributed by atoms with Crippen molar-refractivity contribution < 1.29 is 4.79 Å². The number of anilines is 1. The highest BCUT2D eigenvalue weighted by atomic mass is 32.1. The van der Waals surface area contributed by atoms with E-state index in [0.717, 1.165) is 5.69 Å². The van der Waals surface area contributed by atoms with Gasteiger partial charge in [-0.2, -0.15) is 11.3 Å². The molecular formula is C12H9N5OS. The van der Waals surface area contributed by atoms with Crippen molar-refractivity contribution in [1.82, 2.24) is 20.2 Å². The van der Waals surface area contributed by atoms with Crippen molar-refractivity contribution >= 4 is 22.9 Å². The summed E-state index contributed by atoms with van der Waals surface area (Å²) in [6.45, 7) is 0. The molecule has 0 atom stereocenters. The lowest BCUT2D eigenvalue weighted by molar-refractivity contribution is 0.102. The Balaban J connectivity index is 1.82. The first-order valence-corrected chi connectivity index (χ1v) is 6.44. The number of thiophene rings is 1. The van der Waals surface area contributed by atoms with Crippen LogP contribution in [0.15, 0.2) is 47.4 Å². The number of tetrazole rings is 1. The molecule has 0 aliphatic carbocycles. The minimum absolute atomic E-state index is 0.130. The maximum Gasteiger partial charge on any atom is 0.256 e. The zero-order valence-corrected chi connectivity index (χ0v) is 10.5. The zero-order chi connectivity index (χ0) is 13.1. The van der Waals surface area contributed by atoms with Gasteiger partial charge in [-0.15, -0.1) is 5.10 Å². The summed E-state index contributed by atoms with van der Waals surface area (Å²) in [5.41, 5.74) is 2.13. The number of hydrogen-bond donors (Lipinski definition) is 1. The van der Waals surface area contributed by atoms with Crippen LogP contribution in [0.2, 0.25) is 0 Å². The van der Waals surface area contributed by atoms with Crippen molar-refractivity contribution in [2.45, 2.75) is 0 Å². The van der Waals surface area contributed by atoms with Crippen molar-refractivity contribution in [3.05, 3.63) is 53.0 Å². The van der Waals surface area contributed by atoms with Crippen LogP contribution in [-0.4, -0.2) is 26.1 Å². The van der Waals surface area contributed by atoms with Crippen molar-refractivity contribution in [3.63, 3.8) is 0 Å². The quantitative estimate of drug-likeness (QED) is 0.790. The molecule has 1 N–H and O–H groups in total. The van der Waals surface area contributed by atoms with Gasteiger partial charge < -0.3 is 5.32 Å². The summed E-state index contributed by atoms with van der Waals surface area (Å²) in [7, 11) is 0. The van der Waals surface area contributed by atoms with Crippen molar-refractivity contribution in [1.29, 1.82) is 0 Å². The fourth-order valence-corrected chi connectivity index (χ4v) is 2.24. The number of benzene rings is 1. The van der Waals surface area contributed by atoms with Crippen LogP contribution in [0, 0.1) is 0 Å². The van der Waals surface area contributed by atoms with E-state index in [4.69, 9.17) is 0 Å². The summed E-state index contributed by atoms with van der Waals surface area (Å²) >= 11 is 1.49. The molecule has 0 saturated heterocycles. The first-order chi connectivity index (χ1) is 9.33. The summed E-state index contributed by atoms with van der Waals surface area (Å²) in [5.74, 6) is -0.130. The third kappa shape index (κ3) is 2.50. The molecule has 1 amide bonds. The largest absolute Gasteiger partial charge is 0.322 e. The monoisotopic (exact) mass is 271 g/mol. The second-order valence-corrected chi connectivity index (χ2v) is 4.55. The van der Waals surface area contributed by atoms with E-state index in [0.29, 0.717) is 11.3 Å². The van der Waals surface area contributed by atoms with Gasteiger partial charge in [-0.1, -0.05) is 6.07 Å². The van der Waals surface area contributed by atoms with E-state index in [1.165, 1.54) is 22.3 Å². The number of carbonyl (C=O) groups is 1. The molecule has 2 aromatic heterocycles. The molecule has 0 fully saturated rings. The van der Waals surface area contributed by atoms with Crippen LogP contribution in [0.3, 0.4) is 0 Å². The SMILES string of the molecule is O=C(Nc1cccc(-n2cnnn2)c1)c1ccsc1. The van der Waals surface area contributed by atoms with Gasteiger partial charge in [0, 0.05) is 11.1 Å². The molecule has 0 aliphatic rings. The minimum Gasteiger partial charge on any atom is -0.322 e. The second-order valence-electron chi connectivity index (χ2n) is 3.77. The molecule has 2 heterocycles. The standard InChI is InChI=1S/C12H9N5OS/c18-12(9-4-5-19-7-9)14-10-2-1-3-11(6-10)17-8-13-15-16-17/h1-8H,(H,14,18). The highest BCUT2D eigenvalue weighted by molar-refractivity contribution is 7.08. The normalized spacial score (nSPS) is 10.3. The second kappa shape index (κ2) is 4.99. The Morgan fingerprint density at radius 2 is 2.26 bits per heavy atom. The summed E-state index contributed by atoms with van der Waals surface area (Å²) in [6.07, 6.45) is 1.50. The average molecular weight is 271 g/mol. The van der Waals surface area contributed by atoms with Gasteiger partial charge in [0.2, 0.25) is 0 Å². The number of aromatic nitrogens is 4.